The van der Waals surface area contributed by atoms with Gasteiger partial charge in [-0.2, -0.15) is 0 Å². The number of anilines is 2. The third-order valence-corrected chi connectivity index (χ3v) is 5.37. The standard InChI is InChI=1S/C11H9I3N2O4.2H2O/c1-3(17)15-9-6(12)5(11(19)20)7(13)10(8(9)14)16-4(2)18;;/h1-2H3,(H,15,17)(H,16,18)(H,19,20);2*1H2. The second-order valence-electron chi connectivity index (χ2n) is 3.73. The summed E-state index contributed by atoms with van der Waals surface area (Å²) in [5, 5.41) is 14.5. The molecule has 22 heavy (non-hydrogen) atoms. The highest BCUT2D eigenvalue weighted by molar-refractivity contribution is 14.1. The normalized spacial score (nSPS) is 9.14. The Kier molecular flexibility index (Phi) is 10.7. The van der Waals surface area contributed by atoms with E-state index < -0.39 is 5.97 Å². The number of carboxylic acid groups (broad SMARTS) is 1. The Bertz CT molecular complexity index is 577. The van der Waals surface area contributed by atoms with Gasteiger partial charge in [-0.3, -0.25) is 9.59 Å². The van der Waals surface area contributed by atoms with Crippen LogP contribution in [-0.2, 0) is 9.59 Å². The summed E-state index contributed by atoms with van der Waals surface area (Å²) < 4.78 is 1.44. The molecule has 0 aliphatic heterocycles. The second-order valence-corrected chi connectivity index (χ2v) is 6.97. The minimum atomic E-state index is -1.12. The summed E-state index contributed by atoms with van der Waals surface area (Å²) in [5.74, 6) is -1.74. The van der Waals surface area contributed by atoms with Gasteiger partial charge in [-0.1, -0.05) is 0 Å². The molecule has 7 N–H and O–H groups in total. The maximum Gasteiger partial charge on any atom is 0.338 e. The first-order valence-electron chi connectivity index (χ1n) is 5.15. The summed E-state index contributed by atoms with van der Waals surface area (Å²) in [6.45, 7) is 2.67. The lowest BCUT2D eigenvalue weighted by atomic mass is 10.1. The molecule has 8 nitrogen and oxygen atoms in total. The van der Waals surface area contributed by atoms with Gasteiger partial charge in [0.25, 0.3) is 0 Å². The van der Waals surface area contributed by atoms with E-state index in [1.165, 1.54) is 13.8 Å². The van der Waals surface area contributed by atoms with Gasteiger partial charge in [0.1, 0.15) is 0 Å². The van der Waals surface area contributed by atoms with E-state index in [2.05, 4.69) is 10.6 Å². The Morgan fingerprint density at radius 2 is 1.14 bits per heavy atom. The van der Waals surface area contributed by atoms with Gasteiger partial charge in [0.05, 0.1) is 27.6 Å². The molecular weight excluding hydrogens is 637 g/mol. The molecule has 1 aromatic carbocycles. The summed E-state index contributed by atoms with van der Waals surface area (Å²) in [7, 11) is 0. The average molecular weight is 650 g/mol. The molecule has 1 aromatic rings. The predicted octanol–water partition coefficient (Wildman–Crippen LogP) is 1.47. The molecule has 0 saturated carbocycles. The fraction of sp³-hybridized carbons (Fsp3) is 0.182. The minimum absolute atomic E-state index is 0. The van der Waals surface area contributed by atoms with Crippen LogP contribution in [0.5, 0.6) is 0 Å². The summed E-state index contributed by atoms with van der Waals surface area (Å²) in [5.41, 5.74) is 0.833. The number of carbonyl (C=O) groups is 3. The Hall–Kier alpha value is -0.260. The lowest BCUT2D eigenvalue weighted by Crippen LogP contribution is -2.17. The lowest BCUT2D eigenvalue weighted by molar-refractivity contribution is -0.115. The maximum atomic E-state index is 11.4. The van der Waals surface area contributed by atoms with E-state index in [9.17, 15) is 19.5 Å². The average Bonchev–Trinajstić information content (AvgIpc) is 2.29. The van der Waals surface area contributed by atoms with Crippen LogP contribution in [0, 0.1) is 10.7 Å². The molecule has 0 spiro atoms. The fourth-order valence-electron chi connectivity index (χ4n) is 1.42. The molecule has 124 valence electrons. The van der Waals surface area contributed by atoms with Crippen LogP contribution in [0.1, 0.15) is 24.2 Å². The van der Waals surface area contributed by atoms with Gasteiger partial charge < -0.3 is 26.7 Å². The highest BCUT2D eigenvalue weighted by Gasteiger charge is 2.25. The number of rotatable bonds is 3. The number of carbonyl (C=O) groups excluding carboxylic acids is 2. The molecule has 2 amide bonds. The number of halogens is 3. The van der Waals surface area contributed by atoms with Gasteiger partial charge in [-0.25, -0.2) is 4.79 Å². The molecule has 0 aliphatic carbocycles. The minimum Gasteiger partial charge on any atom is -0.478 e. The van der Waals surface area contributed by atoms with Crippen molar-refractivity contribution in [3.8, 4) is 0 Å². The summed E-state index contributed by atoms with van der Waals surface area (Å²) >= 11 is 5.71. The summed E-state index contributed by atoms with van der Waals surface area (Å²) in [4.78, 5) is 33.9. The first-order valence-corrected chi connectivity index (χ1v) is 8.39. The quantitative estimate of drug-likeness (QED) is 0.424. The molecule has 0 fully saturated rings. The SMILES string of the molecule is CC(=O)Nc1c(I)c(NC(C)=O)c(I)c(C(=O)O)c1I.O.O. The third kappa shape index (κ3) is 5.43. The molecule has 1 rings (SSSR count). The van der Waals surface area contributed by atoms with Crippen molar-refractivity contribution in [2.24, 2.45) is 0 Å². The van der Waals surface area contributed by atoms with E-state index in [4.69, 9.17) is 0 Å². The molecule has 0 aliphatic rings. The number of aromatic carboxylic acids is 1. The molecule has 0 aromatic heterocycles. The topological polar surface area (TPSA) is 158 Å². The molecule has 0 unspecified atom stereocenters. The van der Waals surface area contributed by atoms with Gasteiger partial charge >= 0.3 is 5.97 Å². The number of benzene rings is 1. The fourth-order valence-corrected chi connectivity index (χ4v) is 5.59. The smallest absolute Gasteiger partial charge is 0.338 e. The first kappa shape index (κ1) is 24.0. The number of carboxylic acids is 1. The molecular formula is C11H13I3N2O6. The van der Waals surface area contributed by atoms with Crippen molar-refractivity contribution >= 4 is 96.9 Å². The zero-order chi connectivity index (χ0) is 15.6. The molecule has 0 bridgehead atoms. The van der Waals surface area contributed by atoms with Gasteiger partial charge in [0.15, 0.2) is 0 Å². The van der Waals surface area contributed by atoms with E-state index >= 15 is 0 Å². The molecule has 0 saturated heterocycles. The predicted molar refractivity (Wildman–Crippen MR) is 107 cm³/mol. The first-order chi connectivity index (χ1) is 9.16. The highest BCUT2D eigenvalue weighted by Crippen LogP contribution is 2.38. The summed E-state index contributed by atoms with van der Waals surface area (Å²) in [6, 6.07) is 0. The van der Waals surface area contributed by atoms with Crippen molar-refractivity contribution in [2.45, 2.75) is 13.8 Å². The highest BCUT2D eigenvalue weighted by atomic mass is 127. The van der Waals surface area contributed by atoms with E-state index in [0.717, 1.165) is 0 Å². The molecule has 0 atom stereocenters. The Morgan fingerprint density at radius 3 is 1.36 bits per heavy atom. The van der Waals surface area contributed by atoms with Crippen LogP contribution in [0.3, 0.4) is 0 Å². The Balaban J connectivity index is 0. The molecule has 11 heteroatoms. The number of hydrogen-bond donors (Lipinski definition) is 3. The monoisotopic (exact) mass is 650 g/mol. The van der Waals surface area contributed by atoms with Crippen molar-refractivity contribution < 1.29 is 30.4 Å². The van der Waals surface area contributed by atoms with Crippen LogP contribution in [0.25, 0.3) is 0 Å². The van der Waals surface area contributed by atoms with E-state index in [1.54, 1.807) is 0 Å². The van der Waals surface area contributed by atoms with Crippen LogP contribution in [0.2, 0.25) is 0 Å². The van der Waals surface area contributed by atoms with Gasteiger partial charge in [0.2, 0.25) is 11.8 Å². The summed E-state index contributed by atoms with van der Waals surface area (Å²) in [6.07, 6.45) is 0. The zero-order valence-electron chi connectivity index (χ0n) is 11.3. The van der Waals surface area contributed by atoms with Crippen molar-refractivity contribution in [1.82, 2.24) is 0 Å². The van der Waals surface area contributed by atoms with Crippen LogP contribution in [-0.4, -0.2) is 33.8 Å². The third-order valence-electron chi connectivity index (χ3n) is 2.13. The van der Waals surface area contributed by atoms with Crippen molar-refractivity contribution in [2.75, 3.05) is 10.6 Å². The number of hydrogen-bond acceptors (Lipinski definition) is 3. The number of nitrogens with one attached hydrogen (secondary N) is 2. The molecule has 0 heterocycles. The Morgan fingerprint density at radius 1 is 0.818 bits per heavy atom. The van der Waals surface area contributed by atoms with Crippen molar-refractivity contribution in [3.05, 3.63) is 16.3 Å². The van der Waals surface area contributed by atoms with Crippen LogP contribution >= 0.6 is 67.8 Å². The maximum absolute atomic E-state index is 11.4. The van der Waals surface area contributed by atoms with Crippen LogP contribution in [0.4, 0.5) is 11.4 Å². The van der Waals surface area contributed by atoms with Crippen LogP contribution < -0.4 is 10.6 Å². The van der Waals surface area contributed by atoms with Gasteiger partial charge in [-0.05, 0) is 67.8 Å². The van der Waals surface area contributed by atoms with E-state index in [1.807, 2.05) is 67.8 Å². The Labute approximate surface area is 166 Å². The lowest BCUT2D eigenvalue weighted by Gasteiger charge is -2.17. The van der Waals surface area contributed by atoms with Crippen molar-refractivity contribution in [3.63, 3.8) is 0 Å². The second kappa shape index (κ2) is 9.78. The zero-order valence-corrected chi connectivity index (χ0v) is 17.8. The van der Waals surface area contributed by atoms with Gasteiger partial charge in [0, 0.05) is 13.8 Å². The van der Waals surface area contributed by atoms with Crippen LogP contribution in [0.15, 0.2) is 0 Å². The van der Waals surface area contributed by atoms with E-state index in [-0.39, 0.29) is 28.3 Å². The molecule has 0 radical (unpaired) electrons. The largest absolute Gasteiger partial charge is 0.478 e. The van der Waals surface area contributed by atoms with E-state index in [0.29, 0.717) is 22.1 Å². The number of amides is 2. The van der Waals surface area contributed by atoms with Gasteiger partial charge in [-0.15, -0.1) is 0 Å². The van der Waals surface area contributed by atoms with Crippen molar-refractivity contribution in [1.29, 1.82) is 0 Å².